The van der Waals surface area contributed by atoms with Crippen molar-refractivity contribution in [2.75, 3.05) is 5.75 Å². The van der Waals surface area contributed by atoms with Gasteiger partial charge in [-0.3, -0.25) is 0 Å². The Labute approximate surface area is 98.4 Å². The summed E-state index contributed by atoms with van der Waals surface area (Å²) in [5.41, 5.74) is 0. The molecule has 1 rings (SSSR count). The van der Waals surface area contributed by atoms with E-state index >= 15 is 0 Å². The molecule has 1 unspecified atom stereocenters. The van der Waals surface area contributed by atoms with Gasteiger partial charge in [0.05, 0.1) is 5.25 Å². The minimum absolute atomic E-state index is 0.146. The second-order valence-electron chi connectivity index (χ2n) is 3.03. The average molecular weight is 266 g/mol. The van der Waals surface area contributed by atoms with Crippen LogP contribution in [0.3, 0.4) is 0 Å². The zero-order valence-electron chi connectivity index (χ0n) is 8.93. The van der Waals surface area contributed by atoms with Crippen LogP contribution in [0.4, 0.5) is 0 Å². The molecular weight excluding hydrogens is 252 g/mol. The van der Waals surface area contributed by atoms with Crippen molar-refractivity contribution in [1.29, 1.82) is 0 Å². The van der Waals surface area contributed by atoms with E-state index in [4.69, 9.17) is 0 Å². The molecule has 1 aromatic heterocycles. The van der Waals surface area contributed by atoms with Gasteiger partial charge in [0.25, 0.3) is 0 Å². The molecule has 0 saturated carbocycles. The van der Waals surface area contributed by atoms with E-state index in [9.17, 15) is 8.42 Å². The highest BCUT2D eigenvalue weighted by Gasteiger charge is 2.26. The van der Waals surface area contributed by atoms with E-state index in [0.29, 0.717) is 6.42 Å². The Morgan fingerprint density at radius 1 is 1.40 bits per heavy atom. The number of sulfone groups is 1. The summed E-state index contributed by atoms with van der Waals surface area (Å²) in [4.78, 5) is 0. The number of hydrogen-bond donors (Lipinski definition) is 0. The van der Waals surface area contributed by atoms with Crippen LogP contribution in [0.25, 0.3) is 0 Å². The molecule has 0 bridgehead atoms. The Balaban J connectivity index is 2.96. The minimum Gasteiger partial charge on any atom is -0.221 e. The molecule has 86 valence electrons. The molecule has 0 fully saturated rings. The molecule has 0 spiro atoms. The molecule has 7 heteroatoms. The van der Waals surface area contributed by atoms with Gasteiger partial charge >= 0.3 is 0 Å². The lowest BCUT2D eigenvalue weighted by molar-refractivity contribution is 0.579. The molecule has 1 aromatic rings. The number of thioether (sulfide) groups is 1. The van der Waals surface area contributed by atoms with Crippen molar-refractivity contribution in [3.8, 4) is 0 Å². The highest BCUT2D eigenvalue weighted by atomic mass is 32.2. The Kier molecular flexibility index (Phi) is 4.54. The highest BCUT2D eigenvalue weighted by molar-refractivity contribution is 8.01. The van der Waals surface area contributed by atoms with Gasteiger partial charge in [0.15, 0.2) is 4.34 Å². The standard InChI is InChI=1S/C8H14N2O2S3/c1-4-6(3)15(11,12)8-10-9-7(14-8)13-5-2/h6H,4-5H2,1-3H3. The fourth-order valence-corrected chi connectivity index (χ4v) is 4.66. The number of aromatic nitrogens is 2. The maximum atomic E-state index is 11.9. The van der Waals surface area contributed by atoms with Gasteiger partial charge in [0.1, 0.15) is 0 Å². The molecule has 0 amide bonds. The molecular formula is C8H14N2O2S3. The van der Waals surface area contributed by atoms with Gasteiger partial charge in [-0.2, -0.15) is 0 Å². The SMILES string of the molecule is CCSc1nnc(S(=O)(=O)C(C)CC)s1. The molecule has 1 heterocycles. The van der Waals surface area contributed by atoms with E-state index in [-0.39, 0.29) is 9.59 Å². The van der Waals surface area contributed by atoms with Crippen LogP contribution < -0.4 is 0 Å². The predicted molar refractivity (Wildman–Crippen MR) is 63.2 cm³/mol. The zero-order valence-corrected chi connectivity index (χ0v) is 11.4. The lowest BCUT2D eigenvalue weighted by Gasteiger charge is -2.05. The maximum absolute atomic E-state index is 11.9. The number of rotatable bonds is 5. The maximum Gasteiger partial charge on any atom is 0.233 e. The van der Waals surface area contributed by atoms with E-state index in [1.54, 1.807) is 6.92 Å². The molecule has 0 aliphatic rings. The summed E-state index contributed by atoms with van der Waals surface area (Å²) in [5.74, 6) is 0.873. The molecule has 1 atom stereocenters. The van der Waals surface area contributed by atoms with Crippen LogP contribution in [-0.2, 0) is 9.84 Å². The van der Waals surface area contributed by atoms with Crippen molar-refractivity contribution < 1.29 is 8.42 Å². The second-order valence-corrected chi connectivity index (χ2v) is 8.06. The first-order valence-electron chi connectivity index (χ1n) is 4.72. The fourth-order valence-electron chi connectivity index (χ4n) is 0.885. The predicted octanol–water partition coefficient (Wildman–Crippen LogP) is 2.22. The monoisotopic (exact) mass is 266 g/mol. The fraction of sp³-hybridized carbons (Fsp3) is 0.750. The summed E-state index contributed by atoms with van der Waals surface area (Å²) in [7, 11) is -3.25. The minimum atomic E-state index is -3.25. The summed E-state index contributed by atoms with van der Waals surface area (Å²) >= 11 is 2.67. The molecule has 0 saturated heterocycles. The molecule has 0 aliphatic carbocycles. The van der Waals surface area contributed by atoms with Gasteiger partial charge in [-0.05, 0) is 19.1 Å². The van der Waals surface area contributed by atoms with Gasteiger partial charge in [-0.1, -0.05) is 36.9 Å². The van der Waals surface area contributed by atoms with Crippen LogP contribution >= 0.6 is 23.1 Å². The van der Waals surface area contributed by atoms with Crippen LogP contribution in [-0.4, -0.2) is 29.6 Å². The molecule has 0 N–H and O–H groups in total. The molecule has 0 radical (unpaired) electrons. The van der Waals surface area contributed by atoms with Crippen molar-refractivity contribution in [2.24, 2.45) is 0 Å². The van der Waals surface area contributed by atoms with Gasteiger partial charge < -0.3 is 0 Å². The molecule has 0 aliphatic heterocycles. The lowest BCUT2D eigenvalue weighted by atomic mass is 10.4. The van der Waals surface area contributed by atoms with E-state index in [0.717, 1.165) is 21.4 Å². The molecule has 4 nitrogen and oxygen atoms in total. The third-order valence-corrected chi connectivity index (χ3v) is 6.65. The Morgan fingerprint density at radius 3 is 2.60 bits per heavy atom. The van der Waals surface area contributed by atoms with E-state index in [2.05, 4.69) is 10.2 Å². The van der Waals surface area contributed by atoms with Crippen LogP contribution in [0.15, 0.2) is 8.68 Å². The van der Waals surface area contributed by atoms with Crippen molar-refractivity contribution in [3.63, 3.8) is 0 Å². The van der Waals surface area contributed by atoms with Crippen LogP contribution in [0.1, 0.15) is 27.2 Å². The smallest absolute Gasteiger partial charge is 0.221 e. The summed E-state index contributed by atoms with van der Waals surface area (Å²) in [5, 5.41) is 7.19. The van der Waals surface area contributed by atoms with E-state index in [1.165, 1.54) is 11.8 Å². The van der Waals surface area contributed by atoms with Gasteiger partial charge in [0.2, 0.25) is 14.2 Å². The largest absolute Gasteiger partial charge is 0.233 e. The first-order chi connectivity index (χ1) is 7.02. The van der Waals surface area contributed by atoms with Gasteiger partial charge in [-0.25, -0.2) is 8.42 Å². The summed E-state index contributed by atoms with van der Waals surface area (Å²) < 4.78 is 24.6. The van der Waals surface area contributed by atoms with Gasteiger partial charge in [-0.15, -0.1) is 10.2 Å². The Hall–Kier alpha value is -0.140. The highest BCUT2D eigenvalue weighted by Crippen LogP contribution is 2.27. The average Bonchev–Trinajstić information content (AvgIpc) is 2.66. The van der Waals surface area contributed by atoms with Crippen LogP contribution in [0.5, 0.6) is 0 Å². The zero-order chi connectivity index (χ0) is 11.5. The summed E-state index contributed by atoms with van der Waals surface area (Å²) in [6.07, 6.45) is 0.595. The van der Waals surface area contributed by atoms with Gasteiger partial charge in [0, 0.05) is 0 Å². The summed E-state index contributed by atoms with van der Waals surface area (Å²) in [6, 6.07) is 0. The quantitative estimate of drug-likeness (QED) is 0.765. The first kappa shape index (κ1) is 12.9. The third-order valence-electron chi connectivity index (χ3n) is 2.00. The number of nitrogens with zero attached hydrogens (tertiary/aromatic N) is 2. The van der Waals surface area contributed by atoms with Crippen molar-refractivity contribution >= 4 is 32.9 Å². The van der Waals surface area contributed by atoms with E-state index < -0.39 is 9.84 Å². The molecule has 0 aromatic carbocycles. The Bertz CT molecular complexity index is 413. The topological polar surface area (TPSA) is 59.9 Å². The first-order valence-corrected chi connectivity index (χ1v) is 8.07. The second kappa shape index (κ2) is 5.27. The van der Waals surface area contributed by atoms with Crippen molar-refractivity contribution in [3.05, 3.63) is 0 Å². The van der Waals surface area contributed by atoms with Crippen molar-refractivity contribution in [1.82, 2.24) is 10.2 Å². The van der Waals surface area contributed by atoms with Crippen molar-refractivity contribution in [2.45, 2.75) is 41.1 Å². The summed E-state index contributed by atoms with van der Waals surface area (Å²) in [6.45, 7) is 5.54. The lowest BCUT2D eigenvalue weighted by Crippen LogP contribution is -2.16. The third kappa shape index (κ3) is 2.92. The number of hydrogen-bond acceptors (Lipinski definition) is 6. The molecule has 15 heavy (non-hydrogen) atoms. The van der Waals surface area contributed by atoms with E-state index in [1.807, 2.05) is 13.8 Å². The Morgan fingerprint density at radius 2 is 2.07 bits per heavy atom. The normalized spacial score (nSPS) is 14.1. The van der Waals surface area contributed by atoms with Crippen LogP contribution in [0.2, 0.25) is 0 Å². The van der Waals surface area contributed by atoms with Crippen LogP contribution in [0, 0.1) is 0 Å².